The maximum Gasteiger partial charge on any atom is 0.164 e. The van der Waals surface area contributed by atoms with Gasteiger partial charge in [-0.05, 0) is 51.9 Å². The molecular weight excluding hydrogens is 478 g/mol. The third-order valence-electron chi connectivity index (χ3n) is 7.29. The molecule has 0 aliphatic rings. The van der Waals surface area contributed by atoms with Crippen LogP contribution in [0.1, 0.15) is 0 Å². The van der Waals surface area contributed by atoms with Gasteiger partial charge in [-0.2, -0.15) is 0 Å². The largest absolute Gasteiger partial charge is 0.456 e. The van der Waals surface area contributed by atoms with Crippen LogP contribution in [0.25, 0.3) is 77.6 Å². The van der Waals surface area contributed by atoms with Gasteiger partial charge in [-0.15, -0.1) is 0 Å². The van der Waals surface area contributed by atoms with Crippen LogP contribution in [0, 0.1) is 0 Å². The smallest absolute Gasteiger partial charge is 0.164 e. The molecular formula is C35H21N3O. The first-order valence-corrected chi connectivity index (χ1v) is 13.0. The third kappa shape index (κ3) is 3.65. The summed E-state index contributed by atoms with van der Waals surface area (Å²) in [6.45, 7) is 0. The molecule has 0 fully saturated rings. The Morgan fingerprint density at radius 1 is 0.385 bits per heavy atom. The Labute approximate surface area is 224 Å². The Balaban J connectivity index is 1.37. The highest BCUT2D eigenvalue weighted by molar-refractivity contribution is 6.10. The molecule has 0 saturated carbocycles. The zero-order chi connectivity index (χ0) is 25.8. The lowest BCUT2D eigenvalue weighted by Gasteiger charge is -2.10. The number of rotatable bonds is 3. The van der Waals surface area contributed by atoms with Crippen LogP contribution in [-0.2, 0) is 0 Å². The van der Waals surface area contributed by atoms with Crippen LogP contribution in [0.5, 0.6) is 0 Å². The van der Waals surface area contributed by atoms with Crippen molar-refractivity contribution in [3.63, 3.8) is 0 Å². The molecule has 0 N–H and O–H groups in total. The predicted octanol–water partition coefficient (Wildman–Crippen LogP) is 9.08. The number of fused-ring (bicyclic) bond motifs is 5. The van der Waals surface area contributed by atoms with E-state index >= 15 is 0 Å². The molecule has 8 aromatic rings. The summed E-state index contributed by atoms with van der Waals surface area (Å²) in [5.74, 6) is 1.93. The third-order valence-corrected chi connectivity index (χ3v) is 7.29. The lowest BCUT2D eigenvalue weighted by molar-refractivity contribution is 0.669. The average Bonchev–Trinajstić information content (AvgIpc) is 3.36. The highest BCUT2D eigenvalue weighted by atomic mass is 16.3. The minimum absolute atomic E-state index is 0.629. The summed E-state index contributed by atoms with van der Waals surface area (Å²) < 4.78 is 6.23. The topological polar surface area (TPSA) is 51.8 Å². The highest BCUT2D eigenvalue weighted by Crippen LogP contribution is 2.35. The van der Waals surface area contributed by atoms with Gasteiger partial charge in [0.2, 0.25) is 0 Å². The fraction of sp³-hybridized carbons (Fsp3) is 0. The minimum atomic E-state index is 0.629. The van der Waals surface area contributed by atoms with Crippen LogP contribution < -0.4 is 0 Å². The van der Waals surface area contributed by atoms with E-state index in [1.807, 2.05) is 60.7 Å². The van der Waals surface area contributed by atoms with Crippen LogP contribution >= 0.6 is 0 Å². The van der Waals surface area contributed by atoms with Crippen molar-refractivity contribution < 1.29 is 4.42 Å². The van der Waals surface area contributed by atoms with Crippen LogP contribution in [0.4, 0.5) is 0 Å². The van der Waals surface area contributed by atoms with Gasteiger partial charge in [0.15, 0.2) is 17.5 Å². The van der Waals surface area contributed by atoms with Gasteiger partial charge in [0.1, 0.15) is 11.2 Å². The number of hydrogen-bond acceptors (Lipinski definition) is 4. The van der Waals surface area contributed by atoms with E-state index in [9.17, 15) is 0 Å². The molecule has 0 amide bonds. The second-order valence-electron chi connectivity index (χ2n) is 9.71. The number of nitrogens with zero attached hydrogens (tertiary/aromatic N) is 3. The van der Waals surface area contributed by atoms with Crippen molar-refractivity contribution in [1.29, 1.82) is 0 Å². The summed E-state index contributed by atoms with van der Waals surface area (Å²) >= 11 is 0. The zero-order valence-corrected chi connectivity index (χ0v) is 20.9. The number of aromatic nitrogens is 3. The maximum atomic E-state index is 6.23. The Kier molecular flexibility index (Phi) is 4.79. The van der Waals surface area contributed by atoms with E-state index in [4.69, 9.17) is 19.4 Å². The van der Waals surface area contributed by atoms with E-state index in [1.165, 1.54) is 5.39 Å². The van der Waals surface area contributed by atoms with Crippen LogP contribution in [0.2, 0.25) is 0 Å². The summed E-state index contributed by atoms with van der Waals surface area (Å²) in [7, 11) is 0. The number of hydrogen-bond donors (Lipinski definition) is 0. The molecule has 0 radical (unpaired) electrons. The summed E-state index contributed by atoms with van der Waals surface area (Å²) in [6, 6.07) is 43.5. The summed E-state index contributed by atoms with van der Waals surface area (Å²) in [6.07, 6.45) is 0. The molecule has 0 bridgehead atoms. The van der Waals surface area contributed by atoms with Gasteiger partial charge < -0.3 is 4.42 Å². The molecule has 39 heavy (non-hydrogen) atoms. The fourth-order valence-electron chi connectivity index (χ4n) is 5.36. The van der Waals surface area contributed by atoms with Crippen molar-refractivity contribution in [2.45, 2.75) is 0 Å². The van der Waals surface area contributed by atoms with Crippen LogP contribution in [-0.4, -0.2) is 15.0 Å². The average molecular weight is 500 g/mol. The lowest BCUT2D eigenvalue weighted by atomic mass is 10.0. The van der Waals surface area contributed by atoms with E-state index in [0.717, 1.165) is 54.8 Å². The Bertz CT molecular complexity index is 2180. The van der Waals surface area contributed by atoms with E-state index in [2.05, 4.69) is 66.7 Å². The van der Waals surface area contributed by atoms with Gasteiger partial charge in [0.05, 0.1) is 0 Å². The second kappa shape index (κ2) is 8.61. The molecule has 8 rings (SSSR count). The lowest BCUT2D eigenvalue weighted by Crippen LogP contribution is -2.00. The Hall–Kier alpha value is -5.35. The van der Waals surface area contributed by atoms with Gasteiger partial charge in [0.25, 0.3) is 0 Å². The van der Waals surface area contributed by atoms with Gasteiger partial charge in [-0.3, -0.25) is 0 Å². The van der Waals surface area contributed by atoms with Crippen molar-refractivity contribution in [2.75, 3.05) is 0 Å². The summed E-state index contributed by atoms with van der Waals surface area (Å²) in [5.41, 5.74) is 4.56. The molecule has 4 nitrogen and oxygen atoms in total. The van der Waals surface area contributed by atoms with Gasteiger partial charge in [-0.25, -0.2) is 15.0 Å². The first-order valence-electron chi connectivity index (χ1n) is 13.0. The van der Waals surface area contributed by atoms with E-state index in [1.54, 1.807) is 0 Å². The minimum Gasteiger partial charge on any atom is -0.456 e. The van der Waals surface area contributed by atoms with Crippen molar-refractivity contribution in [3.8, 4) is 34.2 Å². The second-order valence-corrected chi connectivity index (χ2v) is 9.71. The monoisotopic (exact) mass is 499 g/mol. The molecule has 0 spiro atoms. The molecule has 6 aromatic carbocycles. The zero-order valence-electron chi connectivity index (χ0n) is 20.9. The molecule has 2 heterocycles. The summed E-state index contributed by atoms with van der Waals surface area (Å²) in [4.78, 5) is 14.9. The molecule has 0 atom stereocenters. The molecule has 2 aromatic heterocycles. The molecule has 4 heteroatoms. The van der Waals surface area contributed by atoms with E-state index in [0.29, 0.717) is 17.5 Å². The van der Waals surface area contributed by atoms with Crippen molar-refractivity contribution in [3.05, 3.63) is 127 Å². The van der Waals surface area contributed by atoms with E-state index < -0.39 is 0 Å². The van der Waals surface area contributed by atoms with Gasteiger partial charge >= 0.3 is 0 Å². The SMILES string of the molecule is c1ccc(-c2nc(-c3ccc4oc5cc6ccccc6cc5c4c3)nc(-c3cccc4ccccc34)n2)cc1. The predicted molar refractivity (Wildman–Crippen MR) is 158 cm³/mol. The normalized spacial score (nSPS) is 11.6. The quantitative estimate of drug-likeness (QED) is 0.243. The van der Waals surface area contributed by atoms with Crippen molar-refractivity contribution >= 4 is 43.5 Å². The summed E-state index contributed by atoms with van der Waals surface area (Å²) in [5, 5.41) is 6.73. The molecule has 0 aliphatic heterocycles. The maximum absolute atomic E-state index is 6.23. The van der Waals surface area contributed by atoms with Crippen molar-refractivity contribution in [1.82, 2.24) is 15.0 Å². The van der Waals surface area contributed by atoms with Gasteiger partial charge in [-0.1, -0.05) is 97.1 Å². The highest BCUT2D eigenvalue weighted by Gasteiger charge is 2.16. The van der Waals surface area contributed by atoms with Gasteiger partial charge in [0, 0.05) is 27.5 Å². The number of benzene rings is 6. The Morgan fingerprint density at radius 2 is 1.03 bits per heavy atom. The molecule has 0 aliphatic carbocycles. The first kappa shape index (κ1) is 21.7. The number of furan rings is 1. The van der Waals surface area contributed by atoms with Crippen LogP contribution in [0.3, 0.4) is 0 Å². The van der Waals surface area contributed by atoms with Crippen molar-refractivity contribution in [2.24, 2.45) is 0 Å². The molecule has 0 unspecified atom stereocenters. The molecule has 182 valence electrons. The first-order chi connectivity index (χ1) is 19.3. The fourth-order valence-corrected chi connectivity index (χ4v) is 5.36. The van der Waals surface area contributed by atoms with Crippen LogP contribution in [0.15, 0.2) is 132 Å². The standard InChI is InChI=1S/C35H21N3O/c1-2-10-23(11-3-1)33-36-34(38-35(37-33)28-16-8-14-22-9-6-7-15-27(22)28)26-17-18-31-29(20-26)30-19-24-12-4-5-13-25(24)21-32(30)39-31/h1-21H. The Morgan fingerprint density at radius 3 is 1.87 bits per heavy atom. The van der Waals surface area contributed by atoms with E-state index in [-0.39, 0.29) is 0 Å². The molecule has 0 saturated heterocycles.